The van der Waals surface area contributed by atoms with Gasteiger partial charge < -0.3 is 16.6 Å². The van der Waals surface area contributed by atoms with E-state index in [1.165, 1.54) is 0 Å². The zero-order valence-corrected chi connectivity index (χ0v) is 2.68. The lowest BCUT2D eigenvalue weighted by Crippen LogP contribution is -2.06. The van der Waals surface area contributed by atoms with Crippen molar-refractivity contribution in [2.24, 2.45) is 11.5 Å². The van der Waals surface area contributed by atoms with Crippen LogP contribution in [0.15, 0.2) is 12.1 Å². The third-order valence-corrected chi connectivity index (χ3v) is 0.149. The van der Waals surface area contributed by atoms with E-state index in [1.807, 2.05) is 0 Å². The van der Waals surface area contributed by atoms with Gasteiger partial charge in [-0.05, 0) is 0 Å². The van der Waals surface area contributed by atoms with Crippen LogP contribution in [0.3, 0.4) is 0 Å². The van der Waals surface area contributed by atoms with E-state index in [0.717, 1.165) is 0 Å². The maximum atomic E-state index is 7.73. The average molecular weight is 74.1 g/mol. The fourth-order valence-corrected chi connectivity index (χ4v) is 0. The molecular formula is C2H6N2O. The van der Waals surface area contributed by atoms with Gasteiger partial charge in [-0.1, -0.05) is 0 Å². The summed E-state index contributed by atoms with van der Waals surface area (Å²) in [5.74, 6) is -0.0648. The second-order valence-corrected chi connectivity index (χ2v) is 0.629. The molecule has 3 nitrogen and oxygen atoms in total. The maximum Gasteiger partial charge on any atom is 0.129 e. The van der Waals surface area contributed by atoms with Crippen LogP contribution < -0.4 is 11.5 Å². The summed E-state index contributed by atoms with van der Waals surface area (Å²) in [7, 11) is 0. The Balaban J connectivity index is 3.14. The molecule has 0 saturated carbocycles. The molecule has 0 aliphatic carbocycles. The van der Waals surface area contributed by atoms with Crippen molar-refractivity contribution in [3.8, 4) is 0 Å². The maximum absolute atomic E-state index is 7.73. The zero-order chi connectivity index (χ0) is 4.28. The van der Waals surface area contributed by atoms with Gasteiger partial charge >= 0.3 is 0 Å². The van der Waals surface area contributed by atoms with Gasteiger partial charge in [0.1, 0.15) is 12.1 Å². The topological polar surface area (TPSA) is 72.3 Å². The van der Waals surface area contributed by atoms with Crippen molar-refractivity contribution in [2.45, 2.75) is 0 Å². The van der Waals surface area contributed by atoms with Gasteiger partial charge in [-0.3, -0.25) is 0 Å². The van der Waals surface area contributed by atoms with Gasteiger partial charge in [0.05, 0.1) is 0 Å². The Morgan fingerprint density at radius 1 is 1.60 bits per heavy atom. The van der Waals surface area contributed by atoms with E-state index in [4.69, 9.17) is 5.11 Å². The van der Waals surface area contributed by atoms with Crippen molar-refractivity contribution in [1.29, 1.82) is 0 Å². The molecule has 0 spiro atoms. The summed E-state index contributed by atoms with van der Waals surface area (Å²) in [5, 5.41) is 7.73. The summed E-state index contributed by atoms with van der Waals surface area (Å²) in [4.78, 5) is 0. The van der Waals surface area contributed by atoms with Gasteiger partial charge in [0.25, 0.3) is 0 Å². The van der Waals surface area contributed by atoms with Gasteiger partial charge in [-0.15, -0.1) is 0 Å². The quantitative estimate of drug-likeness (QED) is 0.331. The summed E-state index contributed by atoms with van der Waals surface area (Å²) >= 11 is 0. The van der Waals surface area contributed by atoms with Gasteiger partial charge in [0.15, 0.2) is 0 Å². The van der Waals surface area contributed by atoms with E-state index in [9.17, 15) is 0 Å². The molecular weight excluding hydrogens is 68.0 g/mol. The second kappa shape index (κ2) is 1.46. The SMILES string of the molecule is NC(N)=CO. The minimum atomic E-state index is -0.0648. The van der Waals surface area contributed by atoms with Crippen molar-refractivity contribution in [2.75, 3.05) is 0 Å². The lowest BCUT2D eigenvalue weighted by Gasteiger charge is -1.77. The van der Waals surface area contributed by atoms with Gasteiger partial charge in [0.2, 0.25) is 0 Å². The largest absolute Gasteiger partial charge is 0.512 e. The first-order valence-electron chi connectivity index (χ1n) is 1.12. The molecule has 0 aliphatic rings. The molecule has 0 unspecified atom stereocenters. The fraction of sp³-hybridized carbons (Fsp3) is 0. The monoisotopic (exact) mass is 74.0 g/mol. The van der Waals surface area contributed by atoms with Crippen molar-refractivity contribution in [1.82, 2.24) is 0 Å². The standard InChI is InChI=1S/C2H6N2O/c3-2(4)1-5/h1,5H,3-4H2. The lowest BCUT2D eigenvalue weighted by atomic mass is 10.9. The van der Waals surface area contributed by atoms with E-state index in [2.05, 4.69) is 11.5 Å². The molecule has 30 valence electrons. The molecule has 0 heterocycles. The molecule has 0 aliphatic heterocycles. The molecule has 0 aromatic carbocycles. The first-order chi connectivity index (χ1) is 2.27. The lowest BCUT2D eigenvalue weighted by molar-refractivity contribution is 0.465. The van der Waals surface area contributed by atoms with Crippen LogP contribution in [-0.2, 0) is 0 Å². The molecule has 5 N–H and O–H groups in total. The highest BCUT2D eigenvalue weighted by Gasteiger charge is 1.62. The Morgan fingerprint density at radius 3 is 1.80 bits per heavy atom. The Hall–Kier alpha value is -0.860. The summed E-state index contributed by atoms with van der Waals surface area (Å²) in [6, 6.07) is 0. The highest BCUT2D eigenvalue weighted by Crippen LogP contribution is 1.54. The van der Waals surface area contributed by atoms with Crippen molar-refractivity contribution >= 4 is 0 Å². The number of aliphatic hydroxyl groups is 1. The zero-order valence-electron chi connectivity index (χ0n) is 2.68. The molecule has 0 rings (SSSR count). The van der Waals surface area contributed by atoms with Crippen LogP contribution >= 0.6 is 0 Å². The molecule has 0 fully saturated rings. The first kappa shape index (κ1) is 4.14. The van der Waals surface area contributed by atoms with Gasteiger partial charge in [0, 0.05) is 0 Å². The number of aliphatic hydroxyl groups excluding tert-OH is 1. The Morgan fingerprint density at radius 2 is 1.80 bits per heavy atom. The molecule has 0 saturated heterocycles. The van der Waals surface area contributed by atoms with Gasteiger partial charge in [-0.2, -0.15) is 0 Å². The van der Waals surface area contributed by atoms with E-state index in [1.54, 1.807) is 0 Å². The highest BCUT2D eigenvalue weighted by molar-refractivity contribution is 4.79. The van der Waals surface area contributed by atoms with E-state index in [0.29, 0.717) is 6.26 Å². The van der Waals surface area contributed by atoms with E-state index >= 15 is 0 Å². The predicted molar refractivity (Wildman–Crippen MR) is 19.1 cm³/mol. The third-order valence-electron chi connectivity index (χ3n) is 0.149. The predicted octanol–water partition coefficient (Wildman–Crippen LogP) is -0.739. The van der Waals surface area contributed by atoms with Crippen LogP contribution in [0.5, 0.6) is 0 Å². The van der Waals surface area contributed by atoms with Crippen molar-refractivity contribution < 1.29 is 5.11 Å². The average Bonchev–Trinajstić information content (AvgIpc) is 1.38. The van der Waals surface area contributed by atoms with E-state index in [-0.39, 0.29) is 5.82 Å². The van der Waals surface area contributed by atoms with Crippen molar-refractivity contribution in [3.63, 3.8) is 0 Å². The minimum absolute atomic E-state index is 0.0648. The molecule has 0 aromatic rings. The summed E-state index contributed by atoms with van der Waals surface area (Å²) in [6.07, 6.45) is 0.639. The molecule has 0 bridgehead atoms. The van der Waals surface area contributed by atoms with Crippen molar-refractivity contribution in [3.05, 3.63) is 12.1 Å². The van der Waals surface area contributed by atoms with Crippen LogP contribution in [0, 0.1) is 0 Å². The van der Waals surface area contributed by atoms with E-state index < -0.39 is 0 Å². The molecule has 0 amide bonds. The summed E-state index contributed by atoms with van der Waals surface area (Å²) in [6.45, 7) is 0. The van der Waals surface area contributed by atoms with Crippen LogP contribution in [0.1, 0.15) is 0 Å². The van der Waals surface area contributed by atoms with Gasteiger partial charge in [-0.25, -0.2) is 0 Å². The molecule has 3 heteroatoms. The minimum Gasteiger partial charge on any atom is -0.512 e. The highest BCUT2D eigenvalue weighted by atomic mass is 16.2. The Labute approximate surface area is 29.9 Å². The number of nitrogens with two attached hydrogens (primary N) is 2. The normalized spacial score (nSPS) is 6.40. The summed E-state index contributed by atoms with van der Waals surface area (Å²) in [5.41, 5.74) is 9.36. The number of hydrogen-bond donors (Lipinski definition) is 3. The molecule has 5 heavy (non-hydrogen) atoms. The molecule has 0 atom stereocenters. The van der Waals surface area contributed by atoms with Crippen LogP contribution in [0.4, 0.5) is 0 Å². The smallest absolute Gasteiger partial charge is 0.129 e. The molecule has 0 radical (unpaired) electrons. The number of rotatable bonds is 0. The van der Waals surface area contributed by atoms with Crippen LogP contribution in [-0.4, -0.2) is 5.11 Å². The Bertz CT molecular complexity index is 45.6. The second-order valence-electron chi connectivity index (χ2n) is 0.629. The summed E-state index contributed by atoms with van der Waals surface area (Å²) < 4.78 is 0. The Kier molecular flexibility index (Phi) is 1.21. The first-order valence-corrected chi connectivity index (χ1v) is 1.12. The number of hydrogen-bond acceptors (Lipinski definition) is 3. The fourth-order valence-electron chi connectivity index (χ4n) is 0. The van der Waals surface area contributed by atoms with Crippen LogP contribution in [0.25, 0.3) is 0 Å². The van der Waals surface area contributed by atoms with Crippen LogP contribution in [0.2, 0.25) is 0 Å². The molecule has 0 aromatic heterocycles. The third kappa shape index (κ3) is 3.14.